The highest BCUT2D eigenvalue weighted by Crippen LogP contribution is 2.17. The molecule has 5 nitrogen and oxygen atoms in total. The molecule has 0 bridgehead atoms. The van der Waals surface area contributed by atoms with Gasteiger partial charge in [0.25, 0.3) is 0 Å². The monoisotopic (exact) mass is 323 g/mol. The Kier molecular flexibility index (Phi) is 6.24. The molecule has 1 aromatic carbocycles. The SMILES string of the molecule is CN=C(NCCCS(=O)(=O)c1ccccc1)NC1CCCC1. The molecule has 0 unspecified atom stereocenters. The second-order valence-electron chi connectivity index (χ2n) is 5.61. The third-order valence-electron chi connectivity index (χ3n) is 3.90. The van der Waals surface area contributed by atoms with Crippen molar-refractivity contribution < 1.29 is 8.42 Å². The molecule has 1 saturated carbocycles. The molecular formula is C16H25N3O2S. The van der Waals surface area contributed by atoms with Gasteiger partial charge in [0.1, 0.15) is 0 Å². The Labute approximate surface area is 133 Å². The minimum absolute atomic E-state index is 0.143. The first-order chi connectivity index (χ1) is 10.6. The summed E-state index contributed by atoms with van der Waals surface area (Å²) in [6.45, 7) is 0.596. The topological polar surface area (TPSA) is 70.6 Å². The van der Waals surface area contributed by atoms with E-state index >= 15 is 0 Å². The Morgan fingerprint density at radius 1 is 1.23 bits per heavy atom. The lowest BCUT2D eigenvalue weighted by Gasteiger charge is -2.16. The van der Waals surface area contributed by atoms with E-state index in [1.165, 1.54) is 25.7 Å². The highest BCUT2D eigenvalue weighted by Gasteiger charge is 2.16. The van der Waals surface area contributed by atoms with Gasteiger partial charge in [0, 0.05) is 19.6 Å². The largest absolute Gasteiger partial charge is 0.356 e. The number of nitrogens with one attached hydrogen (secondary N) is 2. The van der Waals surface area contributed by atoms with Crippen LogP contribution in [0.1, 0.15) is 32.1 Å². The van der Waals surface area contributed by atoms with E-state index in [1.54, 1.807) is 31.3 Å². The number of sulfone groups is 1. The Bertz CT molecular complexity index is 579. The number of benzene rings is 1. The number of hydrogen-bond acceptors (Lipinski definition) is 3. The summed E-state index contributed by atoms with van der Waals surface area (Å²) in [5.41, 5.74) is 0. The lowest BCUT2D eigenvalue weighted by Crippen LogP contribution is -2.42. The Morgan fingerprint density at radius 3 is 2.55 bits per heavy atom. The van der Waals surface area contributed by atoms with E-state index in [4.69, 9.17) is 0 Å². The van der Waals surface area contributed by atoms with Crippen molar-refractivity contribution in [3.8, 4) is 0 Å². The molecule has 0 saturated heterocycles. The van der Waals surface area contributed by atoms with E-state index in [-0.39, 0.29) is 5.75 Å². The first-order valence-corrected chi connectivity index (χ1v) is 9.52. The van der Waals surface area contributed by atoms with Crippen LogP contribution in [0.15, 0.2) is 40.2 Å². The average Bonchev–Trinajstić information content (AvgIpc) is 3.04. The summed E-state index contributed by atoms with van der Waals surface area (Å²) >= 11 is 0. The van der Waals surface area contributed by atoms with Crippen LogP contribution in [0.4, 0.5) is 0 Å². The number of hydrogen-bond donors (Lipinski definition) is 2. The molecule has 1 aliphatic carbocycles. The molecular weight excluding hydrogens is 298 g/mol. The Hall–Kier alpha value is -1.56. The van der Waals surface area contributed by atoms with E-state index < -0.39 is 9.84 Å². The second kappa shape index (κ2) is 8.17. The van der Waals surface area contributed by atoms with Crippen molar-refractivity contribution >= 4 is 15.8 Å². The van der Waals surface area contributed by atoms with Crippen LogP contribution in [0.5, 0.6) is 0 Å². The normalized spacial score (nSPS) is 16.7. The maximum absolute atomic E-state index is 12.2. The summed E-state index contributed by atoms with van der Waals surface area (Å²) in [6.07, 6.45) is 5.46. The van der Waals surface area contributed by atoms with Crippen LogP contribution >= 0.6 is 0 Å². The Morgan fingerprint density at radius 2 is 1.91 bits per heavy atom. The summed E-state index contributed by atoms with van der Waals surface area (Å²) in [4.78, 5) is 4.58. The maximum Gasteiger partial charge on any atom is 0.191 e. The van der Waals surface area contributed by atoms with Gasteiger partial charge in [0.15, 0.2) is 15.8 Å². The van der Waals surface area contributed by atoms with Gasteiger partial charge < -0.3 is 10.6 Å². The molecule has 2 N–H and O–H groups in total. The van der Waals surface area contributed by atoms with E-state index in [0.29, 0.717) is 23.9 Å². The predicted octanol–water partition coefficient (Wildman–Crippen LogP) is 1.96. The molecule has 0 amide bonds. The van der Waals surface area contributed by atoms with Crippen molar-refractivity contribution in [1.82, 2.24) is 10.6 Å². The second-order valence-corrected chi connectivity index (χ2v) is 7.72. The molecule has 0 heterocycles. The lowest BCUT2D eigenvalue weighted by atomic mass is 10.2. The molecule has 0 atom stereocenters. The average molecular weight is 323 g/mol. The van der Waals surface area contributed by atoms with E-state index in [2.05, 4.69) is 15.6 Å². The number of nitrogens with zero attached hydrogens (tertiary/aromatic N) is 1. The van der Waals surface area contributed by atoms with E-state index in [0.717, 1.165) is 5.96 Å². The third kappa shape index (κ3) is 5.02. The van der Waals surface area contributed by atoms with Crippen LogP contribution in [-0.2, 0) is 9.84 Å². The molecule has 0 spiro atoms. The van der Waals surface area contributed by atoms with Crippen LogP contribution < -0.4 is 10.6 Å². The molecule has 122 valence electrons. The highest BCUT2D eigenvalue weighted by atomic mass is 32.2. The van der Waals surface area contributed by atoms with Gasteiger partial charge in [0.2, 0.25) is 0 Å². The van der Waals surface area contributed by atoms with Crippen molar-refractivity contribution in [2.24, 2.45) is 4.99 Å². The van der Waals surface area contributed by atoms with E-state index in [1.807, 2.05) is 6.07 Å². The minimum Gasteiger partial charge on any atom is -0.356 e. The van der Waals surface area contributed by atoms with E-state index in [9.17, 15) is 8.42 Å². The van der Waals surface area contributed by atoms with Gasteiger partial charge in [0.05, 0.1) is 10.6 Å². The Balaban J connectivity index is 1.74. The molecule has 0 aliphatic heterocycles. The fraction of sp³-hybridized carbons (Fsp3) is 0.562. The van der Waals surface area contributed by atoms with Gasteiger partial charge in [-0.05, 0) is 31.4 Å². The highest BCUT2D eigenvalue weighted by molar-refractivity contribution is 7.91. The summed E-state index contributed by atoms with van der Waals surface area (Å²) in [7, 11) is -1.45. The molecule has 1 fully saturated rings. The summed E-state index contributed by atoms with van der Waals surface area (Å²) in [6, 6.07) is 9.10. The van der Waals surface area contributed by atoms with Crippen molar-refractivity contribution in [2.75, 3.05) is 19.3 Å². The van der Waals surface area contributed by atoms with Crippen LogP contribution in [0, 0.1) is 0 Å². The first kappa shape index (κ1) is 16.8. The molecule has 1 aliphatic rings. The molecule has 0 aromatic heterocycles. The quantitative estimate of drug-likeness (QED) is 0.477. The zero-order valence-electron chi connectivity index (χ0n) is 13.1. The predicted molar refractivity (Wildman–Crippen MR) is 89.9 cm³/mol. The van der Waals surface area contributed by atoms with Gasteiger partial charge in [-0.15, -0.1) is 0 Å². The zero-order valence-corrected chi connectivity index (χ0v) is 13.9. The molecule has 0 radical (unpaired) electrons. The molecule has 22 heavy (non-hydrogen) atoms. The van der Waals surface area contributed by atoms with Crippen molar-refractivity contribution in [1.29, 1.82) is 0 Å². The van der Waals surface area contributed by atoms with Crippen LogP contribution in [0.3, 0.4) is 0 Å². The van der Waals surface area contributed by atoms with Gasteiger partial charge in [-0.2, -0.15) is 0 Å². The molecule has 2 rings (SSSR count). The van der Waals surface area contributed by atoms with Gasteiger partial charge in [-0.1, -0.05) is 31.0 Å². The zero-order chi connectivity index (χ0) is 15.8. The third-order valence-corrected chi connectivity index (χ3v) is 5.72. The van der Waals surface area contributed by atoms with Gasteiger partial charge in [-0.3, -0.25) is 4.99 Å². The maximum atomic E-state index is 12.2. The fourth-order valence-corrected chi connectivity index (χ4v) is 4.00. The van der Waals surface area contributed by atoms with Crippen molar-refractivity contribution in [3.63, 3.8) is 0 Å². The number of aliphatic imine (C=N–C) groups is 1. The molecule has 6 heteroatoms. The van der Waals surface area contributed by atoms with Crippen LogP contribution in [0.25, 0.3) is 0 Å². The molecule has 1 aromatic rings. The van der Waals surface area contributed by atoms with Gasteiger partial charge in [-0.25, -0.2) is 8.42 Å². The number of guanidine groups is 1. The van der Waals surface area contributed by atoms with Crippen LogP contribution in [-0.4, -0.2) is 39.8 Å². The smallest absolute Gasteiger partial charge is 0.191 e. The lowest BCUT2D eigenvalue weighted by molar-refractivity contribution is 0.590. The number of rotatable bonds is 6. The van der Waals surface area contributed by atoms with Gasteiger partial charge >= 0.3 is 0 Å². The van der Waals surface area contributed by atoms with Crippen LogP contribution in [0.2, 0.25) is 0 Å². The minimum atomic E-state index is -3.19. The summed E-state index contributed by atoms with van der Waals surface area (Å²) < 4.78 is 24.3. The summed E-state index contributed by atoms with van der Waals surface area (Å²) in [5.74, 6) is 0.911. The van der Waals surface area contributed by atoms with Crippen molar-refractivity contribution in [2.45, 2.75) is 43.0 Å². The summed E-state index contributed by atoms with van der Waals surface area (Å²) in [5, 5.41) is 6.58. The van der Waals surface area contributed by atoms with Crippen molar-refractivity contribution in [3.05, 3.63) is 30.3 Å². The first-order valence-electron chi connectivity index (χ1n) is 7.87. The standard InChI is InChI=1S/C16H25N3O2S/c1-17-16(19-14-8-5-6-9-14)18-12-7-13-22(20,21)15-10-3-2-4-11-15/h2-4,10-11,14H,5-9,12-13H2,1H3,(H2,17,18,19). The fourth-order valence-electron chi connectivity index (χ4n) is 2.67.